The molecule has 0 aromatic rings. The molecule has 0 saturated heterocycles. The van der Waals surface area contributed by atoms with E-state index in [1.54, 1.807) is 0 Å². The van der Waals surface area contributed by atoms with Crippen LogP contribution in [-0.2, 0) is 32.7 Å². The first kappa shape index (κ1) is 97.7. The fraction of sp³-hybridized carbons (Fsp3) is 0.867. The Morgan fingerprint density at radius 2 is 0.540 bits per heavy atom. The van der Waals surface area contributed by atoms with Gasteiger partial charge in [-0.1, -0.05) is 415 Å². The highest BCUT2D eigenvalue weighted by Gasteiger charge is 2.27. The number of quaternary nitrogens is 1. The van der Waals surface area contributed by atoms with E-state index in [9.17, 15) is 19.0 Å². The largest absolute Gasteiger partial charge is 0.472 e. The lowest BCUT2D eigenvalue weighted by molar-refractivity contribution is -0.870. The Morgan fingerprint density at radius 3 is 0.800 bits per heavy atom. The molecular weight excluding hydrogens is 1250 g/mol. The molecule has 0 amide bonds. The Balaban J connectivity index is 3.86. The minimum absolute atomic E-state index is 0.0345. The van der Waals surface area contributed by atoms with Gasteiger partial charge < -0.3 is 18.9 Å². The first-order valence-electron chi connectivity index (χ1n) is 44.0. The third kappa shape index (κ3) is 84.6. The van der Waals surface area contributed by atoms with E-state index >= 15 is 0 Å². The number of ether oxygens (including phenoxy) is 2. The number of likely N-dealkylation sites (N-methyl/N-ethyl adjacent to an activating group) is 1. The van der Waals surface area contributed by atoms with Crippen LogP contribution < -0.4 is 0 Å². The van der Waals surface area contributed by atoms with Crippen molar-refractivity contribution in [3.8, 4) is 0 Å². The summed E-state index contributed by atoms with van der Waals surface area (Å²) < 4.78 is 34.9. The number of carbonyl (C=O) groups excluding carboxylic acids is 2. The number of phosphoric acid groups is 1. The molecule has 9 nitrogen and oxygen atoms in total. The molecule has 0 saturated carbocycles. The molecule has 0 spiro atoms. The molecule has 0 fully saturated rings. The van der Waals surface area contributed by atoms with Gasteiger partial charge in [0.2, 0.25) is 0 Å². The van der Waals surface area contributed by atoms with Gasteiger partial charge in [-0.05, 0) is 83.5 Å². The normalized spacial score (nSPS) is 13.2. The topological polar surface area (TPSA) is 108 Å². The molecule has 0 radical (unpaired) electrons. The smallest absolute Gasteiger partial charge is 0.462 e. The van der Waals surface area contributed by atoms with E-state index < -0.39 is 26.5 Å². The number of unbranched alkanes of at least 4 members (excludes halogenated alkanes) is 59. The maximum absolute atomic E-state index is 12.9. The Morgan fingerprint density at radius 1 is 0.310 bits per heavy atom. The second-order valence-electron chi connectivity index (χ2n) is 31.3. The van der Waals surface area contributed by atoms with E-state index in [1.165, 1.54) is 366 Å². The van der Waals surface area contributed by atoms with Crippen molar-refractivity contribution in [2.24, 2.45) is 0 Å². The van der Waals surface area contributed by atoms with Crippen LogP contribution >= 0.6 is 7.82 Å². The Bertz CT molecular complexity index is 1870. The highest BCUT2D eigenvalue weighted by atomic mass is 31.2. The van der Waals surface area contributed by atoms with Gasteiger partial charge in [-0.2, -0.15) is 0 Å². The minimum atomic E-state index is -4.40. The van der Waals surface area contributed by atoms with Crippen molar-refractivity contribution in [1.29, 1.82) is 0 Å². The van der Waals surface area contributed by atoms with Crippen LogP contribution in [0.5, 0.6) is 0 Å². The first-order valence-corrected chi connectivity index (χ1v) is 45.5. The van der Waals surface area contributed by atoms with Gasteiger partial charge in [0.05, 0.1) is 27.7 Å². The highest BCUT2D eigenvalue weighted by Crippen LogP contribution is 2.43. The Kier molecular flexibility index (Phi) is 78.9. The number of carbonyl (C=O) groups is 2. The van der Waals surface area contributed by atoms with E-state index in [4.69, 9.17) is 18.5 Å². The van der Waals surface area contributed by atoms with Crippen LogP contribution in [-0.4, -0.2) is 74.9 Å². The van der Waals surface area contributed by atoms with Crippen molar-refractivity contribution in [2.45, 2.75) is 457 Å². The summed E-state index contributed by atoms with van der Waals surface area (Å²) in [7, 11) is 1.50. The number of hydrogen-bond donors (Lipinski definition) is 1. The number of rotatable bonds is 83. The van der Waals surface area contributed by atoms with Gasteiger partial charge in [0, 0.05) is 12.8 Å². The summed E-state index contributed by atoms with van der Waals surface area (Å²) in [6, 6.07) is 0. The number of hydrogen-bond acceptors (Lipinski definition) is 7. The summed E-state index contributed by atoms with van der Waals surface area (Å²) in [6.45, 7) is 4.49. The van der Waals surface area contributed by atoms with E-state index in [2.05, 4.69) is 74.6 Å². The molecule has 0 aliphatic rings. The van der Waals surface area contributed by atoms with E-state index in [-0.39, 0.29) is 25.6 Å². The summed E-state index contributed by atoms with van der Waals surface area (Å²) >= 11 is 0. The lowest BCUT2D eigenvalue weighted by atomic mass is 10.0. The molecule has 0 aliphatic heterocycles. The molecule has 10 heteroatoms. The Hall–Kier alpha value is -2.29. The summed E-state index contributed by atoms with van der Waals surface area (Å²) in [4.78, 5) is 36.1. The van der Waals surface area contributed by atoms with Crippen LogP contribution in [0.2, 0.25) is 0 Å². The van der Waals surface area contributed by atoms with Gasteiger partial charge in [0.1, 0.15) is 19.8 Å². The number of allylic oxidation sites excluding steroid dienone is 10. The van der Waals surface area contributed by atoms with Crippen LogP contribution in [0.4, 0.5) is 0 Å². The SMILES string of the molecule is CCCCCCC/C=C\C/C=C\C/C=C\CCCCCCCCCCCCCCCCCCCCCCCCC(=O)OC(COC(=O)CCCCCCCCCCCCCCCCCCCCCCCCCCCCC/C=C\C/C=C\CCCCCCC)COP(=O)(O)OCC[N+](C)(C)C. The van der Waals surface area contributed by atoms with Crippen molar-refractivity contribution in [2.75, 3.05) is 47.5 Å². The van der Waals surface area contributed by atoms with E-state index in [0.29, 0.717) is 23.9 Å². The van der Waals surface area contributed by atoms with Crippen molar-refractivity contribution in [3.63, 3.8) is 0 Å². The standard InChI is InChI=1S/C90H170NO8P/c1-6-8-10-12-14-16-18-20-22-24-26-28-30-32-34-36-38-40-42-44-45-47-48-50-52-54-56-58-60-62-64-66-68-70-72-74-76-78-80-82-89(92)96-86-88(87-98-100(94,95)97-85-84-91(3,4)5)99-90(93)83-81-79-77-75-73-71-69-67-65-63-61-59-57-55-53-51-49-46-43-41-39-37-35-33-31-29-27-25-23-21-19-17-15-13-11-9-7-2/h18-21,24-27,31,33,88H,6-17,22-23,28-30,32,34-87H2,1-5H3/p+1/b20-18-,21-19-,26-24-,27-25-,33-31-. The summed E-state index contributed by atoms with van der Waals surface area (Å²) in [5.74, 6) is -0.771. The molecule has 100 heavy (non-hydrogen) atoms. The van der Waals surface area contributed by atoms with Crippen molar-refractivity contribution < 1.29 is 42.1 Å². The highest BCUT2D eigenvalue weighted by molar-refractivity contribution is 7.47. The van der Waals surface area contributed by atoms with Crippen LogP contribution in [0.15, 0.2) is 60.8 Å². The van der Waals surface area contributed by atoms with Gasteiger partial charge in [-0.25, -0.2) is 4.57 Å². The molecule has 2 atom stereocenters. The lowest BCUT2D eigenvalue weighted by Crippen LogP contribution is -2.37. The lowest BCUT2D eigenvalue weighted by Gasteiger charge is -2.24. The van der Waals surface area contributed by atoms with Crippen LogP contribution in [0, 0.1) is 0 Å². The number of nitrogens with zero attached hydrogens (tertiary/aromatic N) is 1. The average molecular weight is 1430 g/mol. The molecule has 588 valence electrons. The quantitative estimate of drug-likeness (QED) is 0.0211. The predicted octanol–water partition coefficient (Wildman–Crippen LogP) is 29.6. The fourth-order valence-corrected chi connectivity index (χ4v) is 14.0. The molecule has 0 aliphatic carbocycles. The minimum Gasteiger partial charge on any atom is -0.462 e. The summed E-state index contributed by atoms with van der Waals surface area (Å²) in [6.07, 6.45) is 110. The first-order chi connectivity index (χ1) is 49.0. The molecule has 2 unspecified atom stereocenters. The maximum atomic E-state index is 12.9. The molecule has 0 aromatic heterocycles. The average Bonchev–Trinajstić information content (AvgIpc) is 1.02. The fourth-order valence-electron chi connectivity index (χ4n) is 13.3. The van der Waals surface area contributed by atoms with E-state index in [0.717, 1.165) is 51.4 Å². The van der Waals surface area contributed by atoms with Crippen LogP contribution in [0.3, 0.4) is 0 Å². The van der Waals surface area contributed by atoms with Gasteiger partial charge in [-0.15, -0.1) is 0 Å². The third-order valence-electron chi connectivity index (χ3n) is 20.0. The van der Waals surface area contributed by atoms with Crippen molar-refractivity contribution >= 4 is 19.8 Å². The summed E-state index contributed by atoms with van der Waals surface area (Å²) in [5, 5.41) is 0. The zero-order valence-electron chi connectivity index (χ0n) is 67.5. The molecule has 0 heterocycles. The Labute approximate surface area is 623 Å². The van der Waals surface area contributed by atoms with Gasteiger partial charge >= 0.3 is 19.8 Å². The molecular formula is C90H171NO8P+. The van der Waals surface area contributed by atoms with Crippen LogP contribution in [0.25, 0.3) is 0 Å². The number of phosphoric ester groups is 1. The summed E-state index contributed by atoms with van der Waals surface area (Å²) in [5.41, 5.74) is 0. The maximum Gasteiger partial charge on any atom is 0.472 e. The second-order valence-corrected chi connectivity index (χ2v) is 32.7. The van der Waals surface area contributed by atoms with Crippen molar-refractivity contribution in [1.82, 2.24) is 0 Å². The molecule has 0 bridgehead atoms. The predicted molar refractivity (Wildman–Crippen MR) is 436 cm³/mol. The number of esters is 2. The van der Waals surface area contributed by atoms with E-state index in [1.807, 2.05) is 21.1 Å². The zero-order valence-corrected chi connectivity index (χ0v) is 68.4. The molecule has 1 N–H and O–H groups in total. The van der Waals surface area contributed by atoms with Crippen LogP contribution in [0.1, 0.15) is 450 Å². The zero-order chi connectivity index (χ0) is 72.5. The van der Waals surface area contributed by atoms with Gasteiger partial charge in [0.25, 0.3) is 0 Å². The monoisotopic (exact) mass is 1430 g/mol. The van der Waals surface area contributed by atoms with Gasteiger partial charge in [-0.3, -0.25) is 18.6 Å². The van der Waals surface area contributed by atoms with Gasteiger partial charge in [0.15, 0.2) is 6.10 Å². The molecule has 0 aromatic carbocycles. The van der Waals surface area contributed by atoms with Crippen molar-refractivity contribution in [3.05, 3.63) is 60.8 Å². The second kappa shape index (κ2) is 80.8. The molecule has 0 rings (SSSR count). The third-order valence-corrected chi connectivity index (χ3v) is 21.0.